The van der Waals surface area contributed by atoms with Crippen LogP contribution in [-0.2, 0) is 9.84 Å². The highest BCUT2D eigenvalue weighted by molar-refractivity contribution is 7.92. The zero-order valence-corrected chi connectivity index (χ0v) is 19.2. The van der Waals surface area contributed by atoms with Gasteiger partial charge in [-0.2, -0.15) is 9.78 Å². The highest BCUT2D eigenvalue weighted by Crippen LogP contribution is 2.35. The fraction of sp³-hybridized carbons (Fsp3) is 0.0417. The number of hydrogen-bond donors (Lipinski definition) is 1. The molecule has 5 aromatic rings. The van der Waals surface area contributed by atoms with E-state index < -0.39 is 14.8 Å². The number of aromatic nitrogens is 3. The highest BCUT2D eigenvalue weighted by Gasteiger charge is 2.30. The van der Waals surface area contributed by atoms with Gasteiger partial charge in [0, 0.05) is 17.7 Å². The molecule has 0 aliphatic carbocycles. The van der Waals surface area contributed by atoms with Gasteiger partial charge in [-0.3, -0.25) is 10.1 Å². The van der Waals surface area contributed by atoms with E-state index in [9.17, 15) is 18.5 Å². The molecule has 5 rings (SSSR count). The fourth-order valence-corrected chi connectivity index (χ4v) is 5.34. The monoisotopic (exact) mass is 486 g/mol. The molecule has 0 saturated carbocycles. The quantitative estimate of drug-likeness (QED) is 0.223. The number of hydrogen-bond acceptors (Lipinski definition) is 8. The number of sulfone groups is 1. The summed E-state index contributed by atoms with van der Waals surface area (Å²) in [4.78, 5) is 19.6. The summed E-state index contributed by atoms with van der Waals surface area (Å²) in [5.74, 6) is -0.168. The number of benzene rings is 3. The molecule has 0 atom stereocenters. The molecule has 3 aromatic carbocycles. The van der Waals surface area contributed by atoms with Crippen molar-refractivity contribution in [3.63, 3.8) is 0 Å². The Morgan fingerprint density at radius 3 is 2.43 bits per heavy atom. The Balaban J connectivity index is 1.77. The van der Waals surface area contributed by atoms with Crippen LogP contribution in [-0.4, -0.2) is 34.2 Å². The molecule has 0 saturated heterocycles. The third kappa shape index (κ3) is 3.87. The minimum absolute atomic E-state index is 0.0703. The van der Waals surface area contributed by atoms with E-state index in [0.29, 0.717) is 16.6 Å². The molecule has 0 aliphatic rings. The van der Waals surface area contributed by atoms with Gasteiger partial charge in [0.05, 0.1) is 27.1 Å². The van der Waals surface area contributed by atoms with Crippen molar-refractivity contribution in [2.45, 2.75) is 16.7 Å². The molecule has 0 aliphatic heterocycles. The number of nitrogens with two attached hydrogens (primary N) is 1. The first kappa shape index (κ1) is 22.2. The maximum atomic E-state index is 13.7. The van der Waals surface area contributed by atoms with E-state index in [-0.39, 0.29) is 32.5 Å². The number of rotatable bonds is 5. The van der Waals surface area contributed by atoms with Crippen LogP contribution in [0.15, 0.2) is 87.7 Å². The van der Waals surface area contributed by atoms with E-state index in [2.05, 4.69) is 15.1 Å². The van der Waals surface area contributed by atoms with E-state index in [1.807, 2.05) is 0 Å². The first-order valence-electron chi connectivity index (χ1n) is 10.4. The van der Waals surface area contributed by atoms with Crippen LogP contribution < -0.4 is 5.73 Å². The molecule has 10 nitrogen and oxygen atoms in total. The SMILES string of the molecule is Cc1cccc(S(=O)(=O)c2c(N)n(N=Cc3cccc([N+](=O)[O-])c3)c3nc4ccccc4nc23)c1. The summed E-state index contributed by atoms with van der Waals surface area (Å²) < 4.78 is 28.5. The third-order valence-corrected chi connectivity index (χ3v) is 7.22. The van der Waals surface area contributed by atoms with Crippen molar-refractivity contribution in [2.24, 2.45) is 5.10 Å². The zero-order chi connectivity index (χ0) is 24.7. The number of para-hydroxylation sites is 2. The standard InChI is InChI=1S/C24H18N6O4S/c1-15-6-4-9-18(12-15)35(33,34)22-21-24(28-20-11-3-2-10-19(20)27-21)29(23(22)25)26-14-16-7-5-8-17(13-16)30(31)32/h2-14H,25H2,1H3. The van der Waals surface area contributed by atoms with Crippen LogP contribution in [0.1, 0.15) is 11.1 Å². The Labute approximate surface area is 199 Å². The van der Waals surface area contributed by atoms with Crippen molar-refractivity contribution in [3.05, 3.63) is 94.0 Å². The van der Waals surface area contributed by atoms with Crippen molar-refractivity contribution >= 4 is 49.8 Å². The summed E-state index contributed by atoms with van der Waals surface area (Å²) in [6.45, 7) is 1.79. The van der Waals surface area contributed by atoms with E-state index in [1.54, 1.807) is 55.5 Å². The first-order chi connectivity index (χ1) is 16.8. The molecule has 0 amide bonds. The van der Waals surface area contributed by atoms with Gasteiger partial charge in [-0.15, -0.1) is 0 Å². The van der Waals surface area contributed by atoms with Crippen LogP contribution in [0.5, 0.6) is 0 Å². The van der Waals surface area contributed by atoms with Crippen LogP contribution in [0, 0.1) is 17.0 Å². The molecular weight excluding hydrogens is 468 g/mol. The van der Waals surface area contributed by atoms with Gasteiger partial charge in [-0.1, -0.05) is 36.4 Å². The summed E-state index contributed by atoms with van der Waals surface area (Å²) >= 11 is 0. The number of nitrogens with zero attached hydrogens (tertiary/aromatic N) is 5. The van der Waals surface area contributed by atoms with E-state index in [0.717, 1.165) is 5.56 Å². The van der Waals surface area contributed by atoms with Crippen molar-refractivity contribution in [3.8, 4) is 0 Å². The third-order valence-electron chi connectivity index (χ3n) is 5.40. The van der Waals surface area contributed by atoms with Crippen LogP contribution >= 0.6 is 0 Å². The maximum absolute atomic E-state index is 13.7. The highest BCUT2D eigenvalue weighted by atomic mass is 32.2. The van der Waals surface area contributed by atoms with Gasteiger partial charge in [-0.05, 0) is 36.8 Å². The van der Waals surface area contributed by atoms with Gasteiger partial charge < -0.3 is 5.73 Å². The zero-order valence-electron chi connectivity index (χ0n) is 18.4. The van der Waals surface area contributed by atoms with E-state index in [1.165, 1.54) is 35.2 Å². The molecule has 0 spiro atoms. The lowest BCUT2D eigenvalue weighted by Crippen LogP contribution is -2.07. The molecule has 2 heterocycles. The number of nitrogen functional groups attached to an aromatic ring is 1. The minimum atomic E-state index is -4.08. The Hall–Kier alpha value is -4.64. The normalized spacial score (nSPS) is 12.0. The van der Waals surface area contributed by atoms with Crippen molar-refractivity contribution in [1.82, 2.24) is 14.6 Å². The molecule has 2 N–H and O–H groups in total. The van der Waals surface area contributed by atoms with Crippen molar-refractivity contribution in [1.29, 1.82) is 0 Å². The van der Waals surface area contributed by atoms with Crippen molar-refractivity contribution in [2.75, 3.05) is 5.73 Å². The lowest BCUT2D eigenvalue weighted by Gasteiger charge is -2.06. The van der Waals surface area contributed by atoms with Gasteiger partial charge in [0.25, 0.3) is 5.69 Å². The summed E-state index contributed by atoms with van der Waals surface area (Å²) in [6.07, 6.45) is 1.35. The second-order valence-corrected chi connectivity index (χ2v) is 9.71. The summed E-state index contributed by atoms with van der Waals surface area (Å²) in [5.41, 5.74) is 8.72. The Kier molecular flexibility index (Phi) is 5.25. The lowest BCUT2D eigenvalue weighted by molar-refractivity contribution is -0.384. The Bertz CT molecular complexity index is 1780. The largest absolute Gasteiger partial charge is 0.382 e. The summed E-state index contributed by atoms with van der Waals surface area (Å²) in [6, 6.07) is 19.4. The van der Waals surface area contributed by atoms with Gasteiger partial charge in [0.1, 0.15) is 16.2 Å². The summed E-state index contributed by atoms with van der Waals surface area (Å²) in [5, 5.41) is 15.4. The number of nitro groups is 1. The molecule has 35 heavy (non-hydrogen) atoms. The van der Waals surface area contributed by atoms with Crippen LogP contribution in [0.3, 0.4) is 0 Å². The number of non-ortho nitro benzene ring substituents is 1. The molecule has 0 radical (unpaired) electrons. The second kappa shape index (κ2) is 8.29. The number of fused-ring (bicyclic) bond motifs is 2. The predicted molar refractivity (Wildman–Crippen MR) is 132 cm³/mol. The average Bonchev–Trinajstić information content (AvgIpc) is 3.12. The maximum Gasteiger partial charge on any atom is 0.270 e. The second-order valence-electron chi connectivity index (χ2n) is 7.83. The summed E-state index contributed by atoms with van der Waals surface area (Å²) in [7, 11) is -4.08. The molecule has 0 bridgehead atoms. The molecule has 0 fully saturated rings. The molecular formula is C24H18N6O4S. The topological polar surface area (TPSA) is 146 Å². The Morgan fingerprint density at radius 2 is 1.71 bits per heavy atom. The Morgan fingerprint density at radius 1 is 1.00 bits per heavy atom. The predicted octanol–water partition coefficient (Wildman–Crippen LogP) is 4.10. The van der Waals surface area contributed by atoms with Crippen LogP contribution in [0.4, 0.5) is 11.5 Å². The van der Waals surface area contributed by atoms with Crippen molar-refractivity contribution < 1.29 is 13.3 Å². The number of nitro benzene ring substituents is 1. The lowest BCUT2D eigenvalue weighted by atomic mass is 10.2. The van der Waals surface area contributed by atoms with Gasteiger partial charge in [0.2, 0.25) is 9.84 Å². The molecule has 0 unspecified atom stereocenters. The minimum Gasteiger partial charge on any atom is -0.382 e. The molecule has 174 valence electrons. The van der Waals surface area contributed by atoms with Crippen LogP contribution in [0.25, 0.3) is 22.2 Å². The van der Waals surface area contributed by atoms with Gasteiger partial charge in [-0.25, -0.2) is 18.4 Å². The van der Waals surface area contributed by atoms with Crippen LogP contribution in [0.2, 0.25) is 0 Å². The average molecular weight is 487 g/mol. The molecule has 11 heteroatoms. The first-order valence-corrected chi connectivity index (χ1v) is 11.9. The fourth-order valence-electron chi connectivity index (χ4n) is 3.75. The smallest absolute Gasteiger partial charge is 0.270 e. The number of anilines is 1. The molecule has 2 aromatic heterocycles. The van der Waals surface area contributed by atoms with E-state index >= 15 is 0 Å². The van der Waals surface area contributed by atoms with E-state index in [4.69, 9.17) is 5.73 Å². The van der Waals surface area contributed by atoms with Gasteiger partial charge >= 0.3 is 0 Å². The van der Waals surface area contributed by atoms with Gasteiger partial charge in [0.15, 0.2) is 5.65 Å². The number of aryl methyl sites for hydroxylation is 1.